The van der Waals surface area contributed by atoms with Gasteiger partial charge in [0.25, 0.3) is 0 Å². The molecule has 1 N–H and O–H groups in total. The van der Waals surface area contributed by atoms with Gasteiger partial charge in [-0.2, -0.15) is 5.26 Å². The highest BCUT2D eigenvalue weighted by atomic mass is 15.0. The standard InChI is InChI=1S/C10H20N2/c1-6-10(7-11,8(2)3)12-9(4)5/h8-9,12H,6H2,1-5H3. The molecule has 0 saturated carbocycles. The average molecular weight is 168 g/mol. The molecule has 0 saturated heterocycles. The largest absolute Gasteiger partial charge is 0.297 e. The van der Waals surface area contributed by atoms with Crippen molar-refractivity contribution in [2.75, 3.05) is 0 Å². The van der Waals surface area contributed by atoms with Crippen molar-refractivity contribution in [3.63, 3.8) is 0 Å². The molecule has 0 bridgehead atoms. The smallest absolute Gasteiger partial charge is 0.109 e. The molecule has 12 heavy (non-hydrogen) atoms. The molecule has 0 radical (unpaired) electrons. The summed E-state index contributed by atoms with van der Waals surface area (Å²) in [6, 6.07) is 2.75. The van der Waals surface area contributed by atoms with Gasteiger partial charge in [-0.15, -0.1) is 0 Å². The first-order valence-corrected chi connectivity index (χ1v) is 4.67. The third-order valence-corrected chi connectivity index (χ3v) is 2.29. The molecule has 1 unspecified atom stereocenters. The number of nitriles is 1. The Labute approximate surface area is 76.0 Å². The van der Waals surface area contributed by atoms with Crippen molar-refractivity contribution in [1.29, 1.82) is 5.26 Å². The lowest BCUT2D eigenvalue weighted by molar-refractivity contribution is 0.279. The van der Waals surface area contributed by atoms with E-state index in [2.05, 4.69) is 46.0 Å². The van der Waals surface area contributed by atoms with Gasteiger partial charge in [0, 0.05) is 6.04 Å². The minimum atomic E-state index is -0.339. The van der Waals surface area contributed by atoms with E-state index >= 15 is 0 Å². The predicted molar refractivity (Wildman–Crippen MR) is 51.7 cm³/mol. The molecule has 0 spiro atoms. The van der Waals surface area contributed by atoms with Gasteiger partial charge in [-0.25, -0.2) is 0 Å². The van der Waals surface area contributed by atoms with Crippen LogP contribution in [0.1, 0.15) is 41.0 Å². The van der Waals surface area contributed by atoms with E-state index in [0.29, 0.717) is 12.0 Å². The van der Waals surface area contributed by atoms with Crippen LogP contribution in [0.15, 0.2) is 0 Å². The number of rotatable bonds is 4. The van der Waals surface area contributed by atoms with E-state index in [1.54, 1.807) is 0 Å². The van der Waals surface area contributed by atoms with Gasteiger partial charge in [0.1, 0.15) is 5.54 Å². The van der Waals surface area contributed by atoms with Crippen molar-refractivity contribution in [2.24, 2.45) is 5.92 Å². The quantitative estimate of drug-likeness (QED) is 0.699. The Balaban J connectivity index is 4.50. The molecule has 0 aliphatic carbocycles. The van der Waals surface area contributed by atoms with Crippen molar-refractivity contribution >= 4 is 0 Å². The minimum absolute atomic E-state index is 0.339. The molecule has 0 aliphatic rings. The maximum absolute atomic E-state index is 9.08. The summed E-state index contributed by atoms with van der Waals surface area (Å²) in [4.78, 5) is 0. The van der Waals surface area contributed by atoms with E-state index < -0.39 is 0 Å². The molecule has 0 fully saturated rings. The number of hydrogen-bond acceptors (Lipinski definition) is 2. The van der Waals surface area contributed by atoms with Crippen LogP contribution in [0.4, 0.5) is 0 Å². The lowest BCUT2D eigenvalue weighted by atomic mass is 9.85. The fourth-order valence-corrected chi connectivity index (χ4v) is 1.43. The molecule has 1 atom stereocenters. The van der Waals surface area contributed by atoms with E-state index in [-0.39, 0.29) is 5.54 Å². The molecule has 0 amide bonds. The van der Waals surface area contributed by atoms with E-state index in [9.17, 15) is 0 Å². The molecule has 0 aromatic heterocycles. The normalized spacial score (nSPS) is 16.2. The highest BCUT2D eigenvalue weighted by molar-refractivity contribution is 5.08. The summed E-state index contributed by atoms with van der Waals surface area (Å²) >= 11 is 0. The monoisotopic (exact) mass is 168 g/mol. The molecular formula is C10H20N2. The third kappa shape index (κ3) is 2.49. The van der Waals surface area contributed by atoms with Crippen LogP contribution in [0.2, 0.25) is 0 Å². The number of nitrogens with zero attached hydrogens (tertiary/aromatic N) is 1. The molecule has 0 aliphatic heterocycles. The molecule has 0 rings (SSSR count). The van der Waals surface area contributed by atoms with Crippen molar-refractivity contribution in [1.82, 2.24) is 5.32 Å². The van der Waals surface area contributed by atoms with Gasteiger partial charge >= 0.3 is 0 Å². The van der Waals surface area contributed by atoms with Crippen LogP contribution in [-0.4, -0.2) is 11.6 Å². The maximum atomic E-state index is 9.08. The van der Waals surface area contributed by atoms with Gasteiger partial charge in [-0.05, 0) is 26.2 Å². The Hall–Kier alpha value is -0.550. The predicted octanol–water partition coefficient (Wildman–Crippen LogP) is 2.31. The zero-order valence-corrected chi connectivity index (χ0v) is 8.81. The molecule has 0 aromatic rings. The SMILES string of the molecule is CCC(C#N)(NC(C)C)C(C)C. The van der Waals surface area contributed by atoms with Crippen molar-refractivity contribution < 1.29 is 0 Å². The zero-order valence-electron chi connectivity index (χ0n) is 8.81. The Bertz CT molecular complexity index is 167. The second-order valence-electron chi connectivity index (χ2n) is 3.89. The molecule has 0 aromatic carbocycles. The molecular weight excluding hydrogens is 148 g/mol. The highest BCUT2D eigenvalue weighted by Gasteiger charge is 2.31. The van der Waals surface area contributed by atoms with E-state index in [4.69, 9.17) is 5.26 Å². The van der Waals surface area contributed by atoms with Crippen LogP contribution in [0.25, 0.3) is 0 Å². The Morgan fingerprint density at radius 3 is 1.92 bits per heavy atom. The van der Waals surface area contributed by atoms with Crippen molar-refractivity contribution in [2.45, 2.75) is 52.6 Å². The van der Waals surface area contributed by atoms with E-state index in [1.807, 2.05) is 0 Å². The van der Waals surface area contributed by atoms with Crippen LogP contribution in [0.5, 0.6) is 0 Å². The van der Waals surface area contributed by atoms with Crippen LogP contribution >= 0.6 is 0 Å². The second kappa shape index (κ2) is 4.47. The van der Waals surface area contributed by atoms with Gasteiger partial charge in [0.05, 0.1) is 6.07 Å². The number of nitrogens with one attached hydrogen (secondary N) is 1. The minimum Gasteiger partial charge on any atom is -0.297 e. The Kier molecular flexibility index (Phi) is 4.26. The fraction of sp³-hybridized carbons (Fsp3) is 0.900. The summed E-state index contributed by atoms with van der Waals surface area (Å²) < 4.78 is 0. The van der Waals surface area contributed by atoms with Gasteiger partial charge in [-0.3, -0.25) is 5.32 Å². The summed E-state index contributed by atoms with van der Waals surface area (Å²) in [6.45, 7) is 10.4. The lowest BCUT2D eigenvalue weighted by Gasteiger charge is -2.32. The summed E-state index contributed by atoms with van der Waals surface area (Å²) in [7, 11) is 0. The van der Waals surface area contributed by atoms with Gasteiger partial charge in [0.2, 0.25) is 0 Å². The molecule has 2 nitrogen and oxygen atoms in total. The second-order valence-corrected chi connectivity index (χ2v) is 3.89. The van der Waals surface area contributed by atoms with Crippen molar-refractivity contribution in [3.8, 4) is 6.07 Å². The highest BCUT2D eigenvalue weighted by Crippen LogP contribution is 2.20. The van der Waals surface area contributed by atoms with Gasteiger partial charge in [-0.1, -0.05) is 20.8 Å². The molecule has 0 heterocycles. The van der Waals surface area contributed by atoms with Crippen molar-refractivity contribution in [3.05, 3.63) is 0 Å². The third-order valence-electron chi connectivity index (χ3n) is 2.29. The fourth-order valence-electron chi connectivity index (χ4n) is 1.43. The first-order valence-electron chi connectivity index (χ1n) is 4.67. The van der Waals surface area contributed by atoms with Crippen LogP contribution < -0.4 is 5.32 Å². The first-order chi connectivity index (χ1) is 5.48. The van der Waals surface area contributed by atoms with E-state index in [0.717, 1.165) is 6.42 Å². The number of hydrogen-bond donors (Lipinski definition) is 1. The van der Waals surface area contributed by atoms with Crippen LogP contribution in [0.3, 0.4) is 0 Å². The summed E-state index contributed by atoms with van der Waals surface area (Å²) in [5.41, 5.74) is -0.339. The molecule has 70 valence electrons. The first kappa shape index (κ1) is 11.4. The maximum Gasteiger partial charge on any atom is 0.109 e. The summed E-state index contributed by atoms with van der Waals surface area (Å²) in [5.74, 6) is 0.356. The van der Waals surface area contributed by atoms with Crippen LogP contribution in [0, 0.1) is 17.2 Å². The lowest BCUT2D eigenvalue weighted by Crippen LogP contribution is -2.50. The summed E-state index contributed by atoms with van der Waals surface area (Å²) in [5, 5.41) is 12.4. The molecule has 2 heteroatoms. The van der Waals surface area contributed by atoms with Gasteiger partial charge < -0.3 is 0 Å². The zero-order chi connectivity index (χ0) is 9.78. The Morgan fingerprint density at radius 1 is 1.33 bits per heavy atom. The average Bonchev–Trinajstić information content (AvgIpc) is 1.99. The van der Waals surface area contributed by atoms with Gasteiger partial charge in [0.15, 0.2) is 0 Å². The van der Waals surface area contributed by atoms with E-state index in [1.165, 1.54) is 0 Å². The Morgan fingerprint density at radius 2 is 1.83 bits per heavy atom. The van der Waals surface area contributed by atoms with Crippen LogP contribution in [-0.2, 0) is 0 Å². The summed E-state index contributed by atoms with van der Waals surface area (Å²) in [6.07, 6.45) is 0.860. The topological polar surface area (TPSA) is 35.8 Å².